The Morgan fingerprint density at radius 3 is 2.62 bits per heavy atom. The number of amides is 3. The number of nitrogens with one attached hydrogen (secondary N) is 1. The van der Waals surface area contributed by atoms with E-state index in [-0.39, 0.29) is 23.7 Å². The second kappa shape index (κ2) is 7.27. The highest BCUT2D eigenvalue weighted by Crippen LogP contribution is 2.33. The van der Waals surface area contributed by atoms with Gasteiger partial charge >= 0.3 is 0 Å². The topological polar surface area (TPSA) is 69.7 Å². The van der Waals surface area contributed by atoms with Gasteiger partial charge in [-0.1, -0.05) is 0 Å². The Bertz CT molecular complexity index is 1020. The second-order valence-electron chi connectivity index (χ2n) is 7.25. The molecule has 0 spiro atoms. The molecule has 0 bridgehead atoms. The molecule has 1 saturated heterocycles. The molecule has 0 aliphatic carbocycles. The van der Waals surface area contributed by atoms with E-state index in [1.807, 2.05) is 0 Å². The number of halogens is 2. The average molecular weight is 399 g/mol. The van der Waals surface area contributed by atoms with Crippen molar-refractivity contribution in [2.75, 3.05) is 23.3 Å². The molecule has 2 heterocycles. The summed E-state index contributed by atoms with van der Waals surface area (Å²) in [4.78, 5) is 41.3. The van der Waals surface area contributed by atoms with Crippen LogP contribution in [-0.2, 0) is 9.59 Å². The minimum absolute atomic E-state index is 0.0837. The van der Waals surface area contributed by atoms with E-state index < -0.39 is 29.5 Å². The molecule has 0 aromatic heterocycles. The number of benzene rings is 2. The summed E-state index contributed by atoms with van der Waals surface area (Å²) in [7, 11) is 0. The highest BCUT2D eigenvalue weighted by molar-refractivity contribution is 6.13. The van der Waals surface area contributed by atoms with Crippen LogP contribution < -0.4 is 10.2 Å². The highest BCUT2D eigenvalue weighted by Gasteiger charge is 2.42. The monoisotopic (exact) mass is 399 g/mol. The van der Waals surface area contributed by atoms with Crippen molar-refractivity contribution in [2.24, 2.45) is 0 Å². The Morgan fingerprint density at radius 1 is 1.14 bits per heavy atom. The summed E-state index contributed by atoms with van der Waals surface area (Å²) in [5, 5.41) is 2.65. The molecule has 8 heteroatoms. The first kappa shape index (κ1) is 19.0. The summed E-state index contributed by atoms with van der Waals surface area (Å²) in [6, 6.07) is 6.88. The van der Waals surface area contributed by atoms with Gasteiger partial charge in [-0.25, -0.2) is 8.78 Å². The summed E-state index contributed by atoms with van der Waals surface area (Å²) in [6.45, 7) is 1.71. The highest BCUT2D eigenvalue weighted by atomic mass is 19.1. The lowest BCUT2D eigenvalue weighted by atomic mass is 10.1. The zero-order chi connectivity index (χ0) is 20.7. The molecule has 2 aliphatic heterocycles. The fraction of sp³-hybridized carbons (Fsp3) is 0.286. The maximum atomic E-state index is 13.9. The fourth-order valence-electron chi connectivity index (χ4n) is 3.89. The standard InChI is InChI=1S/C21H19F2N3O3/c1-12-9-13(22)5-7-16(12)24-19(27)11-26-18-10-14(23)4-6-15(18)20(28)25-8-2-3-17(25)21(26)29/h4-7,9-10,17H,2-3,8,11H2,1H3,(H,24,27). The van der Waals surface area contributed by atoms with E-state index in [2.05, 4.69) is 5.32 Å². The Labute approximate surface area is 166 Å². The van der Waals surface area contributed by atoms with Gasteiger partial charge in [-0.2, -0.15) is 0 Å². The predicted molar refractivity (Wildman–Crippen MR) is 103 cm³/mol. The van der Waals surface area contributed by atoms with Crippen LogP contribution in [0.1, 0.15) is 28.8 Å². The Balaban J connectivity index is 1.66. The largest absolute Gasteiger partial charge is 0.327 e. The lowest BCUT2D eigenvalue weighted by Gasteiger charge is -2.25. The molecule has 1 atom stereocenters. The SMILES string of the molecule is Cc1cc(F)ccc1NC(=O)CN1C(=O)C2CCCN2C(=O)c2ccc(F)cc21. The number of hydrogen-bond donors (Lipinski definition) is 1. The van der Waals surface area contributed by atoms with Crippen LogP contribution in [0, 0.1) is 18.6 Å². The molecular weight excluding hydrogens is 380 g/mol. The van der Waals surface area contributed by atoms with Crippen LogP contribution in [0.25, 0.3) is 0 Å². The smallest absolute Gasteiger partial charge is 0.256 e. The van der Waals surface area contributed by atoms with Gasteiger partial charge in [0.1, 0.15) is 24.2 Å². The molecule has 0 radical (unpaired) electrons. The third kappa shape index (κ3) is 3.46. The van der Waals surface area contributed by atoms with E-state index in [1.54, 1.807) is 6.92 Å². The summed E-state index contributed by atoms with van der Waals surface area (Å²) >= 11 is 0. The third-order valence-electron chi connectivity index (χ3n) is 5.31. The summed E-state index contributed by atoms with van der Waals surface area (Å²) in [6.07, 6.45) is 1.18. The van der Waals surface area contributed by atoms with Gasteiger partial charge in [0.25, 0.3) is 5.91 Å². The Morgan fingerprint density at radius 2 is 1.86 bits per heavy atom. The third-order valence-corrected chi connectivity index (χ3v) is 5.31. The molecule has 1 fully saturated rings. The van der Waals surface area contributed by atoms with E-state index in [0.717, 1.165) is 12.1 Å². The first-order valence-corrected chi connectivity index (χ1v) is 9.33. The summed E-state index contributed by atoms with van der Waals surface area (Å²) in [5.74, 6) is -2.31. The first-order valence-electron chi connectivity index (χ1n) is 9.33. The van der Waals surface area contributed by atoms with Crippen molar-refractivity contribution >= 4 is 29.1 Å². The zero-order valence-corrected chi connectivity index (χ0v) is 15.7. The van der Waals surface area contributed by atoms with E-state index in [9.17, 15) is 23.2 Å². The minimum atomic E-state index is -0.668. The van der Waals surface area contributed by atoms with E-state index in [0.29, 0.717) is 30.6 Å². The number of carbonyl (C=O) groups excluding carboxylic acids is 3. The van der Waals surface area contributed by atoms with E-state index in [4.69, 9.17) is 0 Å². The van der Waals surface area contributed by atoms with Crippen molar-refractivity contribution in [1.82, 2.24) is 4.90 Å². The summed E-state index contributed by atoms with van der Waals surface area (Å²) in [5.41, 5.74) is 1.22. The number of rotatable bonds is 3. The number of aryl methyl sites for hydroxylation is 1. The number of anilines is 2. The molecule has 6 nitrogen and oxygen atoms in total. The Kier molecular flexibility index (Phi) is 4.77. The van der Waals surface area contributed by atoms with Crippen molar-refractivity contribution in [3.63, 3.8) is 0 Å². The lowest BCUT2D eigenvalue weighted by molar-refractivity contribution is -0.124. The molecule has 29 heavy (non-hydrogen) atoms. The predicted octanol–water partition coefficient (Wildman–Crippen LogP) is 2.86. The number of carbonyl (C=O) groups is 3. The fourth-order valence-corrected chi connectivity index (χ4v) is 3.89. The van der Waals surface area contributed by atoms with Crippen LogP contribution in [0.3, 0.4) is 0 Å². The molecular formula is C21H19F2N3O3. The molecule has 150 valence electrons. The second-order valence-corrected chi connectivity index (χ2v) is 7.25. The zero-order valence-electron chi connectivity index (χ0n) is 15.7. The van der Waals surface area contributed by atoms with Gasteiger partial charge in [0, 0.05) is 12.2 Å². The van der Waals surface area contributed by atoms with Crippen molar-refractivity contribution in [2.45, 2.75) is 25.8 Å². The normalized spacial score (nSPS) is 18.4. The van der Waals surface area contributed by atoms with Gasteiger partial charge in [-0.3, -0.25) is 14.4 Å². The minimum Gasteiger partial charge on any atom is -0.327 e. The van der Waals surface area contributed by atoms with Crippen LogP contribution in [0.2, 0.25) is 0 Å². The molecule has 2 aliphatic rings. The summed E-state index contributed by atoms with van der Waals surface area (Å²) < 4.78 is 27.2. The molecule has 4 rings (SSSR count). The van der Waals surface area contributed by atoms with Crippen LogP contribution in [0.5, 0.6) is 0 Å². The molecule has 2 aromatic carbocycles. The molecule has 3 amide bonds. The van der Waals surface area contributed by atoms with Gasteiger partial charge in [-0.15, -0.1) is 0 Å². The van der Waals surface area contributed by atoms with Crippen molar-refractivity contribution < 1.29 is 23.2 Å². The number of fused-ring (bicyclic) bond motifs is 2. The van der Waals surface area contributed by atoms with Gasteiger partial charge in [0.05, 0.1) is 11.3 Å². The van der Waals surface area contributed by atoms with E-state index >= 15 is 0 Å². The van der Waals surface area contributed by atoms with E-state index in [1.165, 1.54) is 34.1 Å². The van der Waals surface area contributed by atoms with Crippen molar-refractivity contribution in [3.8, 4) is 0 Å². The van der Waals surface area contributed by atoms with Crippen LogP contribution in [0.15, 0.2) is 36.4 Å². The van der Waals surface area contributed by atoms with Gasteiger partial charge in [0.2, 0.25) is 11.8 Å². The maximum absolute atomic E-state index is 13.9. The van der Waals surface area contributed by atoms with Crippen LogP contribution in [-0.4, -0.2) is 41.8 Å². The lowest BCUT2D eigenvalue weighted by Crippen LogP contribution is -2.47. The molecule has 1 N–H and O–H groups in total. The molecule has 2 aromatic rings. The average Bonchev–Trinajstić information content (AvgIpc) is 3.14. The maximum Gasteiger partial charge on any atom is 0.256 e. The van der Waals surface area contributed by atoms with Crippen LogP contribution in [0.4, 0.5) is 20.2 Å². The molecule has 1 unspecified atom stereocenters. The Hall–Kier alpha value is -3.29. The van der Waals surface area contributed by atoms with Gasteiger partial charge in [0.15, 0.2) is 0 Å². The number of nitrogens with zero attached hydrogens (tertiary/aromatic N) is 2. The van der Waals surface area contributed by atoms with Crippen molar-refractivity contribution in [1.29, 1.82) is 0 Å². The van der Waals surface area contributed by atoms with Gasteiger partial charge < -0.3 is 15.1 Å². The van der Waals surface area contributed by atoms with Gasteiger partial charge in [-0.05, 0) is 61.7 Å². The van der Waals surface area contributed by atoms with Crippen LogP contribution >= 0.6 is 0 Å². The first-order chi connectivity index (χ1) is 13.8. The quantitative estimate of drug-likeness (QED) is 0.863. The number of hydrogen-bond acceptors (Lipinski definition) is 3. The van der Waals surface area contributed by atoms with Crippen molar-refractivity contribution in [3.05, 3.63) is 59.2 Å². The molecule has 0 saturated carbocycles.